The summed E-state index contributed by atoms with van der Waals surface area (Å²) in [5, 5.41) is 2.56. The van der Waals surface area contributed by atoms with Crippen molar-refractivity contribution in [2.75, 3.05) is 4.90 Å². The Morgan fingerprint density at radius 2 is 1.12 bits per heavy atom. The van der Waals surface area contributed by atoms with Crippen LogP contribution in [0.5, 0.6) is 0 Å². The average Bonchev–Trinajstić information content (AvgIpc) is 3.52. The minimum absolute atomic E-state index is 1.01. The Balaban J connectivity index is 1.24. The van der Waals surface area contributed by atoms with E-state index >= 15 is 0 Å². The minimum atomic E-state index is 1.01. The lowest BCUT2D eigenvalue weighted by Crippen LogP contribution is -2.09. The van der Waals surface area contributed by atoms with Gasteiger partial charge in [0.25, 0.3) is 0 Å². The molecule has 2 nitrogen and oxygen atoms in total. The molecule has 2 heteroatoms. The number of nitrogens with zero attached hydrogens (tertiary/aromatic N) is 2. The Bertz CT molecular complexity index is 1990. The van der Waals surface area contributed by atoms with E-state index in [1.54, 1.807) is 0 Å². The van der Waals surface area contributed by atoms with E-state index in [-0.39, 0.29) is 0 Å². The van der Waals surface area contributed by atoms with Crippen molar-refractivity contribution in [3.8, 4) is 22.3 Å². The lowest BCUT2D eigenvalue weighted by molar-refractivity contribution is 1.01. The van der Waals surface area contributed by atoms with E-state index in [2.05, 4.69) is 156 Å². The van der Waals surface area contributed by atoms with Crippen LogP contribution in [0.15, 0.2) is 140 Å². The van der Waals surface area contributed by atoms with Crippen molar-refractivity contribution < 1.29 is 0 Å². The van der Waals surface area contributed by atoms with Gasteiger partial charge in [0.05, 0.1) is 5.52 Å². The van der Waals surface area contributed by atoms with Gasteiger partial charge in [-0.05, 0) is 88.3 Å². The Hall–Kier alpha value is -5.08. The van der Waals surface area contributed by atoms with Gasteiger partial charge in [-0.25, -0.2) is 0 Å². The topological polar surface area (TPSA) is 8.17 Å². The number of aromatic nitrogens is 1. The van der Waals surface area contributed by atoms with Gasteiger partial charge in [0.1, 0.15) is 0 Å². The summed E-state index contributed by atoms with van der Waals surface area (Å²) < 4.78 is 2.32. The maximum absolute atomic E-state index is 2.39. The van der Waals surface area contributed by atoms with Crippen LogP contribution < -0.4 is 4.90 Å². The van der Waals surface area contributed by atoms with Gasteiger partial charge in [-0.2, -0.15) is 0 Å². The third-order valence-corrected chi connectivity index (χ3v) is 8.40. The van der Waals surface area contributed by atoms with Gasteiger partial charge in [-0.1, -0.05) is 91.0 Å². The first-order valence-electron chi connectivity index (χ1n) is 13.9. The molecule has 0 N–H and O–H groups in total. The molecule has 1 heterocycles. The zero-order valence-electron chi connectivity index (χ0n) is 22.4. The standard InChI is InChI=1S/C38H28N2/c1-39-37-21-17-27(26-16-19-34-29(22-26)23-28-10-8-9-15-33(28)34)24-36(37)35-20-18-32(25-38(35)39)40(30-11-4-2-5-12-30)31-13-6-3-7-14-31/h2-22,24-25H,23H2,1H3. The van der Waals surface area contributed by atoms with E-state index < -0.39 is 0 Å². The molecule has 1 aliphatic rings. The van der Waals surface area contributed by atoms with Gasteiger partial charge in [-0.15, -0.1) is 0 Å². The number of rotatable bonds is 4. The first-order chi connectivity index (χ1) is 19.7. The van der Waals surface area contributed by atoms with Gasteiger partial charge >= 0.3 is 0 Å². The van der Waals surface area contributed by atoms with Gasteiger partial charge in [0, 0.05) is 40.4 Å². The lowest BCUT2D eigenvalue weighted by Gasteiger charge is -2.25. The van der Waals surface area contributed by atoms with Crippen LogP contribution in [-0.2, 0) is 13.5 Å². The van der Waals surface area contributed by atoms with Gasteiger partial charge in [-0.3, -0.25) is 0 Å². The second kappa shape index (κ2) is 9.00. The number of aryl methyl sites for hydroxylation is 1. The summed E-state index contributed by atoms with van der Waals surface area (Å²) in [4.78, 5) is 2.32. The zero-order valence-corrected chi connectivity index (χ0v) is 22.4. The summed E-state index contributed by atoms with van der Waals surface area (Å²) in [6, 6.07) is 50.7. The predicted octanol–water partition coefficient (Wildman–Crippen LogP) is 10.0. The van der Waals surface area contributed by atoms with Crippen LogP contribution in [0.4, 0.5) is 17.1 Å². The molecule has 1 aliphatic carbocycles. The number of anilines is 3. The molecule has 0 bridgehead atoms. The highest BCUT2D eigenvalue weighted by Crippen LogP contribution is 2.41. The number of fused-ring (bicyclic) bond motifs is 6. The third-order valence-electron chi connectivity index (χ3n) is 8.40. The molecule has 0 saturated heterocycles. The molecular weight excluding hydrogens is 484 g/mol. The van der Waals surface area contributed by atoms with E-state index in [1.807, 2.05) is 0 Å². The molecular formula is C38H28N2. The molecule has 40 heavy (non-hydrogen) atoms. The van der Waals surface area contributed by atoms with E-state index in [0.717, 1.165) is 23.5 Å². The fourth-order valence-corrected chi connectivity index (χ4v) is 6.44. The number of benzene rings is 6. The van der Waals surface area contributed by atoms with Gasteiger partial charge in [0.15, 0.2) is 0 Å². The monoisotopic (exact) mass is 512 g/mol. The second-order valence-corrected chi connectivity index (χ2v) is 10.7. The molecule has 190 valence electrons. The summed E-state index contributed by atoms with van der Waals surface area (Å²) in [6.45, 7) is 0. The molecule has 0 amide bonds. The summed E-state index contributed by atoms with van der Waals surface area (Å²) in [5.41, 5.74) is 14.1. The number of hydrogen-bond acceptors (Lipinski definition) is 1. The van der Waals surface area contributed by atoms with Crippen molar-refractivity contribution in [3.63, 3.8) is 0 Å². The molecule has 0 aliphatic heterocycles. The van der Waals surface area contributed by atoms with E-state index in [9.17, 15) is 0 Å². The minimum Gasteiger partial charge on any atom is -0.344 e. The normalized spacial score (nSPS) is 12.0. The van der Waals surface area contributed by atoms with Crippen molar-refractivity contribution in [2.45, 2.75) is 6.42 Å². The van der Waals surface area contributed by atoms with Gasteiger partial charge in [0.2, 0.25) is 0 Å². The third kappa shape index (κ3) is 3.57. The molecule has 0 unspecified atom stereocenters. The Morgan fingerprint density at radius 1 is 0.475 bits per heavy atom. The fourth-order valence-electron chi connectivity index (χ4n) is 6.44. The molecule has 8 rings (SSSR count). The molecule has 0 saturated carbocycles. The number of hydrogen-bond donors (Lipinski definition) is 0. The molecule has 7 aromatic rings. The van der Waals surface area contributed by atoms with E-state index in [4.69, 9.17) is 0 Å². The molecule has 0 radical (unpaired) electrons. The van der Waals surface area contributed by atoms with Crippen molar-refractivity contribution in [1.82, 2.24) is 4.57 Å². The Kier molecular flexibility index (Phi) is 5.14. The lowest BCUT2D eigenvalue weighted by atomic mass is 9.98. The zero-order chi connectivity index (χ0) is 26.6. The van der Waals surface area contributed by atoms with E-state index in [1.165, 1.54) is 55.2 Å². The first kappa shape index (κ1) is 22.9. The van der Waals surface area contributed by atoms with Gasteiger partial charge < -0.3 is 9.47 Å². The summed E-state index contributed by atoms with van der Waals surface area (Å²) >= 11 is 0. The Morgan fingerprint density at radius 3 is 1.90 bits per heavy atom. The largest absolute Gasteiger partial charge is 0.344 e. The van der Waals surface area contributed by atoms with Crippen LogP contribution >= 0.6 is 0 Å². The highest BCUT2D eigenvalue weighted by atomic mass is 15.1. The quantitative estimate of drug-likeness (QED) is 0.228. The van der Waals surface area contributed by atoms with Crippen molar-refractivity contribution in [3.05, 3.63) is 151 Å². The number of para-hydroxylation sites is 2. The highest BCUT2D eigenvalue weighted by Gasteiger charge is 2.19. The SMILES string of the molecule is Cn1c2ccc(-c3ccc4c(c3)Cc3ccccc3-4)cc2c2ccc(N(c3ccccc3)c3ccccc3)cc21. The maximum atomic E-state index is 2.39. The van der Waals surface area contributed by atoms with Crippen molar-refractivity contribution in [2.24, 2.45) is 7.05 Å². The van der Waals surface area contributed by atoms with Crippen LogP contribution in [0.2, 0.25) is 0 Å². The molecule has 1 aromatic heterocycles. The van der Waals surface area contributed by atoms with Crippen molar-refractivity contribution >= 4 is 38.9 Å². The molecule has 0 atom stereocenters. The summed E-state index contributed by atoms with van der Waals surface area (Å²) in [6.07, 6.45) is 1.01. The summed E-state index contributed by atoms with van der Waals surface area (Å²) in [5.74, 6) is 0. The maximum Gasteiger partial charge on any atom is 0.0509 e. The van der Waals surface area contributed by atoms with Crippen LogP contribution in [0, 0.1) is 0 Å². The van der Waals surface area contributed by atoms with E-state index in [0.29, 0.717) is 0 Å². The molecule has 0 fully saturated rings. The van der Waals surface area contributed by atoms with Crippen LogP contribution in [0.1, 0.15) is 11.1 Å². The first-order valence-corrected chi connectivity index (χ1v) is 13.9. The smallest absolute Gasteiger partial charge is 0.0509 e. The second-order valence-electron chi connectivity index (χ2n) is 10.7. The summed E-state index contributed by atoms with van der Waals surface area (Å²) in [7, 11) is 2.18. The fraction of sp³-hybridized carbons (Fsp3) is 0.0526. The van der Waals surface area contributed by atoms with Crippen LogP contribution in [0.25, 0.3) is 44.1 Å². The predicted molar refractivity (Wildman–Crippen MR) is 169 cm³/mol. The molecule has 6 aromatic carbocycles. The van der Waals surface area contributed by atoms with Crippen LogP contribution in [0.3, 0.4) is 0 Å². The highest BCUT2D eigenvalue weighted by molar-refractivity contribution is 6.10. The molecule has 0 spiro atoms. The van der Waals surface area contributed by atoms with Crippen molar-refractivity contribution in [1.29, 1.82) is 0 Å². The van der Waals surface area contributed by atoms with Crippen LogP contribution in [-0.4, -0.2) is 4.57 Å². The average molecular weight is 513 g/mol. The Labute approximate surface area is 234 Å².